The highest BCUT2D eigenvalue weighted by atomic mass is 28.4. The van der Waals surface area contributed by atoms with Gasteiger partial charge in [-0.05, 0) is 29.3 Å². The average Bonchev–Trinajstić information content (AvgIpc) is 2.47. The Balaban J connectivity index is 2.65. The van der Waals surface area contributed by atoms with Crippen molar-refractivity contribution in [3.8, 4) is 0 Å². The minimum Gasteiger partial charge on any atom is -0.406 e. The first-order chi connectivity index (χ1) is 10.7. The highest BCUT2D eigenvalue weighted by Crippen LogP contribution is 2.37. The average molecular weight is 328 g/mol. The molecule has 2 aromatic carbocycles. The number of hydrogen-bond donors (Lipinski definition) is 1. The minimum absolute atomic E-state index is 0.000949. The van der Waals surface area contributed by atoms with Crippen LogP contribution >= 0.6 is 0 Å². The van der Waals surface area contributed by atoms with Crippen molar-refractivity contribution in [2.24, 2.45) is 5.73 Å². The summed E-state index contributed by atoms with van der Waals surface area (Å²) >= 11 is 0. The summed E-state index contributed by atoms with van der Waals surface area (Å²) in [5, 5.41) is 2.59. The Hall–Kier alpha value is -1.42. The molecule has 23 heavy (non-hydrogen) atoms. The largest absolute Gasteiger partial charge is 0.406 e. The molecule has 0 heterocycles. The Bertz CT molecular complexity index is 572. The Morgan fingerprint density at radius 1 is 0.783 bits per heavy atom. The molecular weight excluding hydrogens is 298 g/mol. The van der Waals surface area contributed by atoms with Crippen molar-refractivity contribution in [1.29, 1.82) is 0 Å². The maximum atomic E-state index is 6.74. The third-order valence-electron chi connectivity index (χ3n) is 4.08. The van der Waals surface area contributed by atoms with E-state index in [1.165, 1.54) is 10.4 Å². The fraction of sp³-hybridized carbons (Fsp3) is 0.400. The summed E-state index contributed by atoms with van der Waals surface area (Å²) in [6.07, 6.45) is 0. The van der Waals surface area contributed by atoms with Gasteiger partial charge in [-0.25, -0.2) is 0 Å². The second-order valence-corrected chi connectivity index (χ2v) is 12.2. The zero-order valence-electron chi connectivity index (χ0n) is 15.0. The molecule has 0 saturated heterocycles. The van der Waals surface area contributed by atoms with Crippen LogP contribution in [0.15, 0.2) is 60.7 Å². The number of hydrogen-bond acceptors (Lipinski definition) is 2. The fourth-order valence-corrected chi connectivity index (χ4v) is 7.80. The van der Waals surface area contributed by atoms with E-state index in [0.29, 0.717) is 6.61 Å². The number of benzene rings is 2. The number of nitrogens with two attached hydrogens (primary N) is 1. The lowest BCUT2D eigenvalue weighted by molar-refractivity contribution is 0.229. The molecule has 0 aliphatic rings. The molecule has 0 fully saturated rings. The molecule has 124 valence electrons. The Morgan fingerprint density at radius 3 is 1.48 bits per heavy atom. The van der Waals surface area contributed by atoms with Crippen LogP contribution in [-0.4, -0.2) is 20.5 Å². The van der Waals surface area contributed by atoms with Crippen molar-refractivity contribution in [2.75, 3.05) is 6.61 Å². The maximum Gasteiger partial charge on any atom is 0.261 e. The molecule has 0 amide bonds. The van der Waals surface area contributed by atoms with Crippen LogP contribution in [0.2, 0.25) is 5.04 Å². The van der Waals surface area contributed by atoms with Crippen LogP contribution in [0.5, 0.6) is 0 Å². The summed E-state index contributed by atoms with van der Waals surface area (Å²) in [6.45, 7) is 11.4. The predicted molar refractivity (Wildman–Crippen MR) is 102 cm³/mol. The lowest BCUT2D eigenvalue weighted by Crippen LogP contribution is -2.67. The third kappa shape index (κ3) is 3.92. The molecule has 0 aliphatic heterocycles. The summed E-state index contributed by atoms with van der Waals surface area (Å²) in [6, 6.07) is 21.3. The van der Waals surface area contributed by atoms with Crippen LogP contribution in [0.4, 0.5) is 0 Å². The van der Waals surface area contributed by atoms with Gasteiger partial charge in [0.15, 0.2) is 0 Å². The highest BCUT2D eigenvalue weighted by molar-refractivity contribution is 6.99. The minimum atomic E-state index is -2.44. The molecule has 0 bridgehead atoms. The maximum absolute atomic E-state index is 6.74. The predicted octanol–water partition coefficient (Wildman–Crippen LogP) is 3.30. The zero-order chi connectivity index (χ0) is 17.1. The first-order valence-corrected chi connectivity index (χ1v) is 10.1. The number of rotatable bonds is 5. The highest BCUT2D eigenvalue weighted by Gasteiger charge is 2.50. The van der Waals surface area contributed by atoms with Crippen LogP contribution in [0.1, 0.15) is 34.6 Å². The zero-order valence-corrected chi connectivity index (χ0v) is 16.0. The van der Waals surface area contributed by atoms with Gasteiger partial charge in [0, 0.05) is 5.54 Å². The molecular formula is C20H29NOSi. The summed E-state index contributed by atoms with van der Waals surface area (Å²) in [4.78, 5) is 0. The Labute approximate surface area is 141 Å². The van der Waals surface area contributed by atoms with E-state index in [4.69, 9.17) is 10.2 Å². The molecule has 0 spiro atoms. The van der Waals surface area contributed by atoms with E-state index in [2.05, 4.69) is 81.4 Å². The van der Waals surface area contributed by atoms with Crippen LogP contribution in [0, 0.1) is 0 Å². The lowest BCUT2D eigenvalue weighted by Gasteiger charge is -2.44. The normalized spacial score (nSPS) is 13.1. The molecule has 2 aromatic rings. The summed E-state index contributed by atoms with van der Waals surface area (Å²) < 4.78 is 6.74. The summed E-state index contributed by atoms with van der Waals surface area (Å²) in [5.41, 5.74) is 5.89. The quantitative estimate of drug-likeness (QED) is 0.855. The van der Waals surface area contributed by atoms with Gasteiger partial charge in [0.1, 0.15) is 0 Å². The van der Waals surface area contributed by atoms with Gasteiger partial charge in [0.05, 0.1) is 6.61 Å². The summed E-state index contributed by atoms with van der Waals surface area (Å²) in [5.74, 6) is 0. The van der Waals surface area contributed by atoms with Gasteiger partial charge in [-0.2, -0.15) is 0 Å². The van der Waals surface area contributed by atoms with Crippen molar-refractivity contribution in [2.45, 2.75) is 45.2 Å². The second kappa shape index (κ2) is 6.60. The van der Waals surface area contributed by atoms with Crippen molar-refractivity contribution in [3.05, 3.63) is 60.7 Å². The molecule has 0 aliphatic carbocycles. The van der Waals surface area contributed by atoms with E-state index >= 15 is 0 Å². The summed E-state index contributed by atoms with van der Waals surface area (Å²) in [7, 11) is -2.44. The van der Waals surface area contributed by atoms with Gasteiger partial charge in [0.25, 0.3) is 8.32 Å². The molecule has 0 unspecified atom stereocenters. The van der Waals surface area contributed by atoms with Crippen molar-refractivity contribution in [1.82, 2.24) is 0 Å². The lowest BCUT2D eigenvalue weighted by atomic mass is 10.1. The molecule has 3 heteroatoms. The Morgan fingerprint density at radius 2 is 1.17 bits per heavy atom. The van der Waals surface area contributed by atoms with Gasteiger partial charge >= 0.3 is 0 Å². The van der Waals surface area contributed by atoms with Gasteiger partial charge in [-0.3, -0.25) is 0 Å². The van der Waals surface area contributed by atoms with Crippen LogP contribution in [0.3, 0.4) is 0 Å². The monoisotopic (exact) mass is 327 g/mol. The molecule has 2 N–H and O–H groups in total. The topological polar surface area (TPSA) is 35.2 Å². The molecule has 0 atom stereocenters. The van der Waals surface area contributed by atoms with Gasteiger partial charge in [-0.1, -0.05) is 81.4 Å². The smallest absolute Gasteiger partial charge is 0.261 e. The molecule has 2 nitrogen and oxygen atoms in total. The van der Waals surface area contributed by atoms with E-state index in [0.717, 1.165) is 0 Å². The molecule has 2 rings (SSSR count). The van der Waals surface area contributed by atoms with E-state index in [1.54, 1.807) is 0 Å². The molecule has 0 saturated carbocycles. The van der Waals surface area contributed by atoms with Crippen LogP contribution in [0.25, 0.3) is 0 Å². The fourth-order valence-electron chi connectivity index (χ4n) is 3.06. The van der Waals surface area contributed by atoms with Crippen LogP contribution in [-0.2, 0) is 4.43 Å². The molecule has 0 radical (unpaired) electrons. The van der Waals surface area contributed by atoms with E-state index in [1.807, 2.05) is 13.8 Å². The van der Waals surface area contributed by atoms with Gasteiger partial charge in [0.2, 0.25) is 0 Å². The van der Waals surface area contributed by atoms with Crippen molar-refractivity contribution < 1.29 is 4.43 Å². The standard InChI is InChI=1S/C20H29NOSi/c1-19(2,3)23(22-16-20(4,5)21,17-12-8-6-9-13-17)18-14-10-7-11-15-18/h6-15H,16,21H2,1-5H3. The second-order valence-electron chi connectivity index (χ2n) is 7.94. The van der Waals surface area contributed by atoms with Crippen molar-refractivity contribution >= 4 is 18.7 Å². The van der Waals surface area contributed by atoms with Crippen LogP contribution < -0.4 is 16.1 Å². The van der Waals surface area contributed by atoms with Crippen molar-refractivity contribution in [3.63, 3.8) is 0 Å². The third-order valence-corrected chi connectivity index (χ3v) is 9.06. The van der Waals surface area contributed by atoms with E-state index in [-0.39, 0.29) is 10.6 Å². The van der Waals surface area contributed by atoms with Gasteiger partial charge in [-0.15, -0.1) is 0 Å². The van der Waals surface area contributed by atoms with E-state index < -0.39 is 8.32 Å². The molecule has 0 aromatic heterocycles. The van der Waals surface area contributed by atoms with Gasteiger partial charge < -0.3 is 10.2 Å². The first kappa shape index (κ1) is 17.9. The van der Waals surface area contributed by atoms with E-state index in [9.17, 15) is 0 Å². The Kier molecular flexibility index (Phi) is 5.14. The first-order valence-electron chi connectivity index (χ1n) is 8.21. The SMILES string of the molecule is CC(C)(N)CO[Si](c1ccccc1)(c1ccccc1)C(C)(C)C.